The first-order chi connectivity index (χ1) is 39.2. The van der Waals surface area contributed by atoms with E-state index in [1.807, 2.05) is 5.57 Å². The normalized spacial score (nSPS) is 36.1. The van der Waals surface area contributed by atoms with Gasteiger partial charge in [-0.2, -0.15) is 0 Å². The highest BCUT2D eigenvalue weighted by Crippen LogP contribution is 2.65. The fraction of sp³-hybridized carbons (Fsp3) is 0.582. The summed E-state index contributed by atoms with van der Waals surface area (Å²) < 4.78 is 36.1. The van der Waals surface area contributed by atoms with Crippen LogP contribution in [0.25, 0.3) is 0 Å². The molecule has 1 amide bonds. The van der Waals surface area contributed by atoms with Crippen molar-refractivity contribution in [3.8, 4) is 0 Å². The van der Waals surface area contributed by atoms with Crippen LogP contribution >= 0.6 is 0 Å². The summed E-state index contributed by atoms with van der Waals surface area (Å²) in [5, 5.41) is 40.2. The number of carbonyl (C=O) groups is 6. The van der Waals surface area contributed by atoms with Crippen LogP contribution in [0.1, 0.15) is 159 Å². The van der Waals surface area contributed by atoms with Crippen LogP contribution in [0.5, 0.6) is 0 Å². The Bertz CT molecular complexity index is 3070. The van der Waals surface area contributed by atoms with E-state index in [1.165, 1.54) is 70.9 Å². The minimum absolute atomic E-state index is 0.00289. The van der Waals surface area contributed by atoms with Gasteiger partial charge in [0, 0.05) is 43.6 Å². The molecule has 2 aliphatic heterocycles. The Morgan fingerprint density at radius 3 is 1.99 bits per heavy atom. The molecule has 6 aliphatic carbocycles. The molecule has 2 saturated heterocycles. The summed E-state index contributed by atoms with van der Waals surface area (Å²) in [5.74, 6) is -4.13. The molecule has 0 spiro atoms. The average Bonchev–Trinajstić information content (AvgIpc) is 1.22. The highest BCUT2D eigenvalue weighted by atomic mass is 16.6. The fourth-order valence-corrected chi connectivity index (χ4v) is 16.5. The molecule has 3 aromatic carbocycles. The Morgan fingerprint density at radius 2 is 1.40 bits per heavy atom. The van der Waals surface area contributed by atoms with E-state index >= 15 is 4.79 Å². The van der Waals surface area contributed by atoms with Crippen LogP contribution < -0.4 is 5.32 Å². The number of Topliss-reactive ketones (excluding diaryl/α,β-unsaturated/α-hetero) is 1. The molecule has 4 unspecified atom stereocenters. The summed E-state index contributed by atoms with van der Waals surface area (Å²) in [4.78, 5) is 83.5. The number of amides is 1. The Labute approximate surface area is 487 Å². The van der Waals surface area contributed by atoms with Gasteiger partial charge in [-0.05, 0) is 129 Å². The largest absolute Gasteiger partial charge is 0.456 e. The number of aliphatic hydroxyl groups is 3. The smallest absolute Gasteiger partial charge is 0.338 e. The third kappa shape index (κ3) is 10.3. The topological polar surface area (TPSA) is 231 Å². The van der Waals surface area contributed by atoms with Crippen molar-refractivity contribution in [1.29, 1.82) is 0 Å². The molecule has 16 heteroatoms. The summed E-state index contributed by atoms with van der Waals surface area (Å²) in [7, 11) is 0. The molecular weight excluding hydrogens is 1060 g/mol. The maximum absolute atomic E-state index is 15.5. The summed E-state index contributed by atoms with van der Waals surface area (Å²) in [6.45, 7) is 19.1. The maximum atomic E-state index is 15.5. The van der Waals surface area contributed by atoms with E-state index in [9.17, 15) is 39.3 Å². The number of hydrogen-bond acceptors (Lipinski definition) is 15. The second-order valence-corrected chi connectivity index (χ2v) is 26.6. The van der Waals surface area contributed by atoms with Crippen molar-refractivity contribution in [2.45, 2.75) is 187 Å². The van der Waals surface area contributed by atoms with Crippen molar-refractivity contribution >= 4 is 35.6 Å². The predicted octanol–water partition coefficient (Wildman–Crippen LogP) is 9.09. The van der Waals surface area contributed by atoms with Crippen molar-refractivity contribution in [1.82, 2.24) is 5.32 Å². The van der Waals surface area contributed by atoms with Crippen LogP contribution in [-0.4, -0.2) is 118 Å². The molecule has 4 N–H and O–H groups in total. The minimum atomic E-state index is -2.39. The van der Waals surface area contributed by atoms with Crippen LogP contribution in [0.2, 0.25) is 0 Å². The Hall–Kier alpha value is -6.04. The van der Waals surface area contributed by atoms with Gasteiger partial charge >= 0.3 is 23.9 Å². The van der Waals surface area contributed by atoms with Gasteiger partial charge in [0.25, 0.3) is 5.91 Å². The highest BCUT2D eigenvalue weighted by Gasteiger charge is 2.78. The molecule has 16 nitrogen and oxygen atoms in total. The van der Waals surface area contributed by atoms with Gasteiger partial charge < -0.3 is 49.1 Å². The number of fused-ring (bicyclic) bond motifs is 10. The van der Waals surface area contributed by atoms with Gasteiger partial charge in [0.1, 0.15) is 23.9 Å². The van der Waals surface area contributed by atoms with Crippen molar-refractivity contribution in [3.63, 3.8) is 0 Å². The first-order valence-corrected chi connectivity index (χ1v) is 29.7. The summed E-state index contributed by atoms with van der Waals surface area (Å²) in [5.41, 5.74) is -2.44. The van der Waals surface area contributed by atoms with Crippen LogP contribution in [0.15, 0.2) is 113 Å². The zero-order valence-electron chi connectivity index (χ0n) is 49.6. The number of allylic oxidation sites excluding steroid dienone is 2. The molecule has 2 heterocycles. The highest BCUT2D eigenvalue weighted by molar-refractivity contribution is 5.96. The lowest BCUT2D eigenvalue weighted by Gasteiger charge is -2.67. The van der Waals surface area contributed by atoms with Crippen LogP contribution in [0.3, 0.4) is 0 Å². The first kappa shape index (κ1) is 60.1. The van der Waals surface area contributed by atoms with Crippen molar-refractivity contribution < 1.29 is 72.5 Å². The molecule has 4 bridgehead atoms. The third-order valence-corrected chi connectivity index (χ3v) is 21.5. The molecule has 8 aliphatic rings. The lowest BCUT2D eigenvalue weighted by atomic mass is 9.44. The van der Waals surface area contributed by atoms with Crippen molar-refractivity contribution in [2.24, 2.45) is 45.3 Å². The van der Waals surface area contributed by atoms with E-state index in [2.05, 4.69) is 33.0 Å². The molecule has 0 aromatic heterocycles. The lowest BCUT2D eigenvalue weighted by Crippen LogP contribution is -2.82. The second kappa shape index (κ2) is 22.4. The van der Waals surface area contributed by atoms with E-state index in [4.69, 9.17) is 28.4 Å². The molecule has 16 atom stereocenters. The number of hydrogen-bond donors (Lipinski definition) is 4. The monoisotopic (exact) mass is 1140 g/mol. The van der Waals surface area contributed by atoms with Gasteiger partial charge in [0.05, 0.1) is 48.4 Å². The molecule has 3 aromatic rings. The fourth-order valence-electron chi connectivity index (χ4n) is 16.5. The Kier molecular flexibility index (Phi) is 16.2. The molecular formula is C67H83NO15. The average molecular weight is 1140 g/mol. The van der Waals surface area contributed by atoms with Crippen molar-refractivity contribution in [2.75, 3.05) is 13.2 Å². The van der Waals surface area contributed by atoms with Gasteiger partial charge in [-0.15, -0.1) is 0 Å². The van der Waals surface area contributed by atoms with E-state index < -0.39 is 113 Å². The predicted molar refractivity (Wildman–Crippen MR) is 305 cm³/mol. The molecule has 11 rings (SSSR count). The summed E-state index contributed by atoms with van der Waals surface area (Å²) in [6.07, 6.45) is -0.143. The van der Waals surface area contributed by atoms with E-state index in [0.29, 0.717) is 22.5 Å². The zero-order chi connectivity index (χ0) is 59.8. The summed E-state index contributed by atoms with van der Waals surface area (Å²) in [6, 6.07) is 22.9. The summed E-state index contributed by atoms with van der Waals surface area (Å²) >= 11 is 0. The number of ether oxygens (including phenoxy) is 6. The number of aliphatic hydroxyl groups excluding tert-OH is 2. The lowest BCUT2D eigenvalue weighted by molar-refractivity contribution is -0.346. The standard InChI is InChI=1S/C47H51NO14.C20H32O/c1-25-31(60-43(56)36(52)35(28-16-10-7-11-17-28)48-41(54)29-18-12-8-13-19-29)23-47(57)40(61-42(55)30-20-14-9-15-21-30)38-45(6,32(51)22-33-46(38,24-58-33)62-27(3)50)39(53)37(59-26(2)49)34(25)44(47,4)5;1-13-5-6-14-11-17-15-12-21-18(15)8-10-20(17,4)9-7-16(13)19(14,2)3/h7-21,31-33,35-38,40,51-52,57H,22-24H2,1-6H3,(H,48,54);14-15,17-18H,5-12H2,1-4H3/t31-,32-,33+,35-,36+,37+,38-,40-,45+,46-,47+;14?,15?,17?,18?,20-/m01/s1. The number of ketones is 1. The van der Waals surface area contributed by atoms with Crippen molar-refractivity contribution in [3.05, 3.63) is 130 Å². The minimum Gasteiger partial charge on any atom is -0.456 e. The van der Waals surface area contributed by atoms with E-state index in [1.54, 1.807) is 98.3 Å². The SMILES string of the molecule is CC(=O)O[C@H]1C(=O)[C@@]2(C)[C@H]([C@H](OC(=O)c3ccccc3)[C@]3(O)C[C@H](OC(=O)[C@H](O)[C@@H](NC(=O)c4ccccc4)c4ccccc4)C(C)=C1C3(C)C)[C@]1(OC(C)=O)CO[C@@H]1C[C@@H]2O.CC1=C2CC[C@]3(C)CCC4OCC4C3CC(CC1)C2(C)C. The number of nitrogens with one attached hydrogen (secondary N) is 1. The molecule has 6 fully saturated rings. The van der Waals surface area contributed by atoms with E-state index in [-0.39, 0.29) is 35.3 Å². The Morgan fingerprint density at radius 1 is 0.759 bits per heavy atom. The molecule has 4 saturated carbocycles. The van der Waals surface area contributed by atoms with Crippen LogP contribution in [0.4, 0.5) is 0 Å². The molecule has 0 radical (unpaired) electrons. The second-order valence-electron chi connectivity index (χ2n) is 26.6. The van der Waals surface area contributed by atoms with Gasteiger partial charge in [0.15, 0.2) is 23.6 Å². The van der Waals surface area contributed by atoms with Crippen LogP contribution in [-0.2, 0) is 47.6 Å². The van der Waals surface area contributed by atoms with Crippen LogP contribution in [0, 0.1) is 45.3 Å². The number of rotatable bonds is 10. The molecule has 83 heavy (non-hydrogen) atoms. The van der Waals surface area contributed by atoms with Gasteiger partial charge in [-0.1, -0.05) is 112 Å². The van der Waals surface area contributed by atoms with Gasteiger partial charge in [-0.25, -0.2) is 9.59 Å². The quantitative estimate of drug-likeness (QED) is 0.0843. The maximum Gasteiger partial charge on any atom is 0.338 e. The number of benzene rings is 3. The third-order valence-electron chi connectivity index (χ3n) is 21.5. The Balaban J connectivity index is 0.000000303. The number of esters is 4. The molecule has 446 valence electrons. The first-order valence-electron chi connectivity index (χ1n) is 29.7. The van der Waals surface area contributed by atoms with E-state index in [0.717, 1.165) is 38.2 Å². The van der Waals surface area contributed by atoms with Gasteiger partial charge in [0.2, 0.25) is 0 Å². The number of carbonyl (C=O) groups excluding carboxylic acids is 6. The van der Waals surface area contributed by atoms with Gasteiger partial charge in [-0.3, -0.25) is 19.2 Å². The zero-order valence-corrected chi connectivity index (χ0v) is 49.6.